The van der Waals surface area contributed by atoms with Crippen LogP contribution in [0.5, 0.6) is 0 Å². The number of halogens is 1. The van der Waals surface area contributed by atoms with Gasteiger partial charge in [0.25, 0.3) is 0 Å². The van der Waals surface area contributed by atoms with Crippen LogP contribution in [-0.4, -0.2) is 78.4 Å². The van der Waals surface area contributed by atoms with Crippen molar-refractivity contribution in [2.45, 2.75) is 39.7 Å². The van der Waals surface area contributed by atoms with Gasteiger partial charge in [-0.1, -0.05) is 13.3 Å². The van der Waals surface area contributed by atoms with E-state index in [9.17, 15) is 9.59 Å². The van der Waals surface area contributed by atoms with Gasteiger partial charge in [0, 0.05) is 39.3 Å². The molecule has 1 fully saturated rings. The van der Waals surface area contributed by atoms with Gasteiger partial charge in [-0.3, -0.25) is 14.5 Å². The predicted molar refractivity (Wildman–Crippen MR) is 91.1 cm³/mol. The first kappa shape index (κ1) is 21.1. The second kappa shape index (κ2) is 10.8. The fourth-order valence-electron chi connectivity index (χ4n) is 2.66. The van der Waals surface area contributed by atoms with Crippen LogP contribution in [-0.2, 0) is 9.59 Å². The number of hydrogen-bond donors (Lipinski definition) is 1. The van der Waals surface area contributed by atoms with Crippen molar-refractivity contribution in [3.8, 4) is 0 Å². The number of hydrogen-bond acceptors (Lipinski definition) is 4. The number of likely N-dealkylation sites (N-methyl/N-ethyl adjacent to an activating group) is 1. The molecule has 2 amide bonds. The monoisotopic (exact) mass is 334 g/mol. The number of rotatable bonds is 7. The van der Waals surface area contributed by atoms with Crippen LogP contribution in [0.15, 0.2) is 0 Å². The zero-order chi connectivity index (χ0) is 15.8. The van der Waals surface area contributed by atoms with Crippen molar-refractivity contribution in [1.82, 2.24) is 14.7 Å². The molecule has 130 valence electrons. The van der Waals surface area contributed by atoms with Crippen LogP contribution >= 0.6 is 12.4 Å². The van der Waals surface area contributed by atoms with Crippen LogP contribution in [0.2, 0.25) is 0 Å². The predicted octanol–water partition coefficient (Wildman–Crippen LogP) is 0.548. The molecule has 0 spiro atoms. The van der Waals surface area contributed by atoms with E-state index < -0.39 is 0 Å². The summed E-state index contributed by atoms with van der Waals surface area (Å²) < 4.78 is 0. The van der Waals surface area contributed by atoms with E-state index >= 15 is 0 Å². The molecule has 1 saturated heterocycles. The van der Waals surface area contributed by atoms with Gasteiger partial charge in [-0.05, 0) is 20.3 Å². The van der Waals surface area contributed by atoms with Gasteiger partial charge in [0.1, 0.15) is 0 Å². The van der Waals surface area contributed by atoms with Crippen LogP contribution in [0.4, 0.5) is 0 Å². The van der Waals surface area contributed by atoms with E-state index in [1.807, 2.05) is 30.6 Å². The summed E-state index contributed by atoms with van der Waals surface area (Å²) in [5, 5.41) is 0. The average Bonchev–Trinajstić information content (AvgIpc) is 2.48. The van der Waals surface area contributed by atoms with Crippen molar-refractivity contribution >= 4 is 24.2 Å². The molecule has 0 aromatic rings. The van der Waals surface area contributed by atoms with Crippen molar-refractivity contribution in [1.29, 1.82) is 0 Å². The Morgan fingerprint density at radius 1 is 1.09 bits per heavy atom. The van der Waals surface area contributed by atoms with Crippen molar-refractivity contribution in [3.05, 3.63) is 0 Å². The van der Waals surface area contributed by atoms with Crippen LogP contribution in [0, 0.1) is 0 Å². The summed E-state index contributed by atoms with van der Waals surface area (Å²) >= 11 is 0. The molecule has 0 bridgehead atoms. The summed E-state index contributed by atoms with van der Waals surface area (Å²) in [6.45, 7) is 10.8. The SMILES string of the molecule is CCCC(N)C(=O)N1CCN(CC(=O)N(CC)CC)CC1.Cl. The van der Waals surface area contributed by atoms with E-state index in [-0.39, 0.29) is 30.3 Å². The van der Waals surface area contributed by atoms with E-state index in [1.54, 1.807) is 0 Å². The number of carbonyl (C=O) groups excluding carboxylic acids is 2. The zero-order valence-electron chi connectivity index (χ0n) is 14.1. The van der Waals surface area contributed by atoms with Gasteiger partial charge in [-0.2, -0.15) is 0 Å². The first-order chi connectivity index (χ1) is 10.0. The molecule has 1 atom stereocenters. The van der Waals surface area contributed by atoms with Gasteiger partial charge in [0.15, 0.2) is 0 Å². The molecule has 1 aliphatic heterocycles. The highest BCUT2D eigenvalue weighted by molar-refractivity contribution is 5.85. The first-order valence-corrected chi connectivity index (χ1v) is 8.07. The van der Waals surface area contributed by atoms with Crippen LogP contribution in [0.3, 0.4) is 0 Å². The normalized spacial score (nSPS) is 16.8. The number of piperazine rings is 1. The smallest absolute Gasteiger partial charge is 0.239 e. The lowest BCUT2D eigenvalue weighted by Crippen LogP contribution is -2.54. The molecule has 7 heteroatoms. The average molecular weight is 335 g/mol. The van der Waals surface area contributed by atoms with Gasteiger partial charge in [-0.25, -0.2) is 0 Å². The molecule has 0 saturated carbocycles. The lowest BCUT2D eigenvalue weighted by atomic mass is 10.1. The lowest BCUT2D eigenvalue weighted by molar-refractivity contribution is -0.136. The van der Waals surface area contributed by atoms with E-state index in [0.717, 1.165) is 39.0 Å². The Balaban J connectivity index is 0.00000441. The maximum atomic E-state index is 12.1. The molecule has 0 radical (unpaired) electrons. The fraction of sp³-hybridized carbons (Fsp3) is 0.867. The van der Waals surface area contributed by atoms with E-state index in [4.69, 9.17) is 5.73 Å². The molecule has 22 heavy (non-hydrogen) atoms. The quantitative estimate of drug-likeness (QED) is 0.738. The van der Waals surface area contributed by atoms with Crippen LogP contribution < -0.4 is 5.73 Å². The van der Waals surface area contributed by atoms with Gasteiger partial charge in [-0.15, -0.1) is 12.4 Å². The lowest BCUT2D eigenvalue weighted by Gasteiger charge is -2.36. The van der Waals surface area contributed by atoms with E-state index in [1.165, 1.54) is 0 Å². The molecule has 1 rings (SSSR count). The molecule has 1 unspecified atom stereocenters. The number of carbonyl (C=O) groups is 2. The third kappa shape index (κ3) is 6.10. The molecule has 2 N–H and O–H groups in total. The van der Waals surface area contributed by atoms with Crippen molar-refractivity contribution in [2.75, 3.05) is 45.8 Å². The van der Waals surface area contributed by atoms with Gasteiger partial charge in [0.05, 0.1) is 12.6 Å². The Morgan fingerprint density at radius 3 is 2.09 bits per heavy atom. The second-order valence-electron chi connectivity index (χ2n) is 5.56. The van der Waals surface area contributed by atoms with Crippen LogP contribution in [0.25, 0.3) is 0 Å². The minimum atomic E-state index is -0.376. The molecular weight excluding hydrogens is 304 g/mol. The van der Waals surface area contributed by atoms with Crippen LogP contribution in [0.1, 0.15) is 33.6 Å². The molecule has 0 aliphatic carbocycles. The molecule has 1 aliphatic rings. The number of nitrogens with zero attached hydrogens (tertiary/aromatic N) is 3. The Kier molecular flexibility index (Phi) is 10.4. The highest BCUT2D eigenvalue weighted by atomic mass is 35.5. The summed E-state index contributed by atoms with van der Waals surface area (Å²) in [5.74, 6) is 0.217. The minimum absolute atomic E-state index is 0. The standard InChI is InChI=1S/C15H30N4O2.ClH/c1-4-7-13(16)15(21)19-10-8-17(9-11-19)12-14(20)18(5-2)6-3;/h13H,4-12,16H2,1-3H3;1H. The Bertz CT molecular complexity index is 342. The summed E-state index contributed by atoms with van der Waals surface area (Å²) in [5.41, 5.74) is 5.88. The maximum absolute atomic E-state index is 12.1. The number of amides is 2. The highest BCUT2D eigenvalue weighted by Gasteiger charge is 2.26. The number of nitrogens with two attached hydrogens (primary N) is 1. The highest BCUT2D eigenvalue weighted by Crippen LogP contribution is 2.06. The Morgan fingerprint density at radius 2 is 1.64 bits per heavy atom. The molecule has 0 aromatic heterocycles. The van der Waals surface area contributed by atoms with Crippen molar-refractivity contribution in [2.24, 2.45) is 5.73 Å². The minimum Gasteiger partial charge on any atom is -0.342 e. The first-order valence-electron chi connectivity index (χ1n) is 8.07. The summed E-state index contributed by atoms with van der Waals surface area (Å²) in [6, 6.07) is -0.376. The second-order valence-corrected chi connectivity index (χ2v) is 5.56. The molecule has 1 heterocycles. The topological polar surface area (TPSA) is 69.9 Å². The third-order valence-corrected chi connectivity index (χ3v) is 4.08. The maximum Gasteiger partial charge on any atom is 0.239 e. The van der Waals surface area contributed by atoms with Crippen molar-refractivity contribution in [3.63, 3.8) is 0 Å². The Hall–Kier alpha value is -0.850. The summed E-state index contributed by atoms with van der Waals surface area (Å²) in [7, 11) is 0. The van der Waals surface area contributed by atoms with Gasteiger partial charge < -0.3 is 15.5 Å². The van der Waals surface area contributed by atoms with Gasteiger partial charge >= 0.3 is 0 Å². The molecule has 0 aromatic carbocycles. The van der Waals surface area contributed by atoms with E-state index in [2.05, 4.69) is 4.90 Å². The Labute approximate surface area is 140 Å². The molecular formula is C15H31ClN4O2. The van der Waals surface area contributed by atoms with Crippen molar-refractivity contribution < 1.29 is 9.59 Å². The summed E-state index contributed by atoms with van der Waals surface area (Å²) in [4.78, 5) is 30.0. The van der Waals surface area contributed by atoms with E-state index in [0.29, 0.717) is 19.6 Å². The summed E-state index contributed by atoms with van der Waals surface area (Å²) in [6.07, 6.45) is 1.66. The zero-order valence-corrected chi connectivity index (χ0v) is 14.9. The largest absolute Gasteiger partial charge is 0.342 e. The molecule has 6 nitrogen and oxygen atoms in total. The van der Waals surface area contributed by atoms with Gasteiger partial charge in [0.2, 0.25) is 11.8 Å². The third-order valence-electron chi connectivity index (χ3n) is 4.08. The fourth-order valence-corrected chi connectivity index (χ4v) is 2.66.